The lowest BCUT2D eigenvalue weighted by atomic mass is 10.1. The van der Waals surface area contributed by atoms with E-state index in [2.05, 4.69) is 30.0 Å². The molecule has 0 aliphatic heterocycles. The van der Waals surface area contributed by atoms with Crippen LogP contribution in [-0.2, 0) is 6.54 Å². The third-order valence-corrected chi connectivity index (χ3v) is 3.90. The van der Waals surface area contributed by atoms with E-state index in [-0.39, 0.29) is 0 Å². The number of hydrogen-bond acceptors (Lipinski definition) is 2. The number of hydrogen-bond donors (Lipinski definition) is 1. The molecule has 0 spiro atoms. The smallest absolute Gasteiger partial charge is 0.0414 e. The third kappa shape index (κ3) is 2.47. The van der Waals surface area contributed by atoms with Gasteiger partial charge >= 0.3 is 0 Å². The van der Waals surface area contributed by atoms with Gasteiger partial charge in [-0.05, 0) is 50.2 Å². The topological polar surface area (TPSA) is 29.3 Å². The fourth-order valence-electron chi connectivity index (χ4n) is 2.57. The molecular formula is C15H22N2. The molecule has 1 aromatic carbocycles. The van der Waals surface area contributed by atoms with E-state index >= 15 is 0 Å². The van der Waals surface area contributed by atoms with Crippen LogP contribution in [0.4, 0.5) is 5.69 Å². The van der Waals surface area contributed by atoms with Crippen LogP contribution in [-0.4, -0.2) is 12.6 Å². The van der Waals surface area contributed by atoms with Gasteiger partial charge in [-0.2, -0.15) is 0 Å². The van der Waals surface area contributed by atoms with Gasteiger partial charge in [-0.15, -0.1) is 0 Å². The molecule has 92 valence electrons. The highest BCUT2D eigenvalue weighted by molar-refractivity contribution is 5.56. The van der Waals surface area contributed by atoms with Crippen molar-refractivity contribution in [1.29, 1.82) is 0 Å². The van der Waals surface area contributed by atoms with Crippen LogP contribution in [0.2, 0.25) is 0 Å². The van der Waals surface area contributed by atoms with Gasteiger partial charge in [-0.25, -0.2) is 0 Å². The SMILES string of the molecule is Cc1ccc(N(CC2CC2)C2CC2)c(CN)c1. The Hall–Kier alpha value is -1.02. The van der Waals surface area contributed by atoms with Crippen LogP contribution in [0.15, 0.2) is 18.2 Å². The summed E-state index contributed by atoms with van der Waals surface area (Å²) in [4.78, 5) is 2.62. The summed E-state index contributed by atoms with van der Waals surface area (Å²) >= 11 is 0. The lowest BCUT2D eigenvalue weighted by Crippen LogP contribution is -2.29. The Bertz CT molecular complexity index is 405. The number of rotatable bonds is 5. The summed E-state index contributed by atoms with van der Waals surface area (Å²) in [6, 6.07) is 7.54. The fraction of sp³-hybridized carbons (Fsp3) is 0.600. The molecular weight excluding hydrogens is 208 g/mol. The maximum Gasteiger partial charge on any atom is 0.0414 e. The van der Waals surface area contributed by atoms with Crippen molar-refractivity contribution in [2.24, 2.45) is 11.7 Å². The van der Waals surface area contributed by atoms with Gasteiger partial charge in [0.1, 0.15) is 0 Å². The van der Waals surface area contributed by atoms with Gasteiger partial charge < -0.3 is 10.6 Å². The molecule has 2 nitrogen and oxygen atoms in total. The predicted octanol–water partition coefficient (Wildman–Crippen LogP) is 2.83. The summed E-state index contributed by atoms with van der Waals surface area (Å²) in [6.07, 6.45) is 5.58. The highest BCUT2D eigenvalue weighted by atomic mass is 15.2. The minimum atomic E-state index is 0.658. The average Bonchev–Trinajstić information content (AvgIpc) is 3.18. The molecule has 2 aliphatic carbocycles. The van der Waals surface area contributed by atoms with E-state index in [1.807, 2.05) is 0 Å². The summed E-state index contributed by atoms with van der Waals surface area (Å²) < 4.78 is 0. The lowest BCUT2D eigenvalue weighted by Gasteiger charge is -2.27. The lowest BCUT2D eigenvalue weighted by molar-refractivity contribution is 0.714. The van der Waals surface area contributed by atoms with Crippen LogP contribution in [0.1, 0.15) is 36.8 Å². The second-order valence-electron chi connectivity index (χ2n) is 5.66. The molecule has 0 saturated heterocycles. The van der Waals surface area contributed by atoms with Crippen LogP contribution in [0.3, 0.4) is 0 Å². The molecule has 2 N–H and O–H groups in total. The third-order valence-electron chi connectivity index (χ3n) is 3.90. The first-order valence-electron chi connectivity index (χ1n) is 6.84. The summed E-state index contributed by atoms with van der Waals surface area (Å²) in [5, 5.41) is 0. The Labute approximate surface area is 104 Å². The predicted molar refractivity (Wildman–Crippen MR) is 72.2 cm³/mol. The van der Waals surface area contributed by atoms with Gasteiger partial charge in [0.25, 0.3) is 0 Å². The molecule has 0 radical (unpaired) electrons. The summed E-state index contributed by atoms with van der Waals surface area (Å²) in [6.45, 7) is 4.05. The fourth-order valence-corrected chi connectivity index (χ4v) is 2.57. The van der Waals surface area contributed by atoms with Gasteiger partial charge in [0.05, 0.1) is 0 Å². The summed E-state index contributed by atoms with van der Waals surface area (Å²) in [5.41, 5.74) is 9.93. The Kier molecular flexibility index (Phi) is 2.83. The first-order valence-corrected chi connectivity index (χ1v) is 6.84. The van der Waals surface area contributed by atoms with Gasteiger partial charge in [-0.1, -0.05) is 17.7 Å². The zero-order chi connectivity index (χ0) is 11.8. The minimum Gasteiger partial charge on any atom is -0.368 e. The zero-order valence-electron chi connectivity index (χ0n) is 10.7. The van der Waals surface area contributed by atoms with Crippen LogP contribution in [0.25, 0.3) is 0 Å². The number of aryl methyl sites for hydroxylation is 1. The van der Waals surface area contributed by atoms with Crippen molar-refractivity contribution in [2.45, 2.75) is 45.2 Å². The molecule has 2 aliphatic rings. The molecule has 0 aromatic heterocycles. The van der Waals surface area contributed by atoms with Crippen LogP contribution >= 0.6 is 0 Å². The summed E-state index contributed by atoms with van der Waals surface area (Å²) in [5.74, 6) is 0.947. The minimum absolute atomic E-state index is 0.658. The van der Waals surface area contributed by atoms with E-state index in [1.54, 1.807) is 0 Å². The van der Waals surface area contributed by atoms with E-state index < -0.39 is 0 Å². The van der Waals surface area contributed by atoms with Crippen molar-refractivity contribution >= 4 is 5.69 Å². The van der Waals surface area contributed by atoms with E-state index in [9.17, 15) is 0 Å². The Morgan fingerprint density at radius 1 is 1.24 bits per heavy atom. The normalized spacial score (nSPS) is 19.4. The number of benzene rings is 1. The van der Waals surface area contributed by atoms with Crippen LogP contribution < -0.4 is 10.6 Å². The first kappa shape index (κ1) is 11.1. The van der Waals surface area contributed by atoms with E-state index in [1.165, 1.54) is 49.0 Å². The second-order valence-corrected chi connectivity index (χ2v) is 5.66. The maximum atomic E-state index is 5.90. The van der Waals surface area contributed by atoms with Gasteiger partial charge in [0.15, 0.2) is 0 Å². The van der Waals surface area contributed by atoms with Crippen molar-refractivity contribution < 1.29 is 0 Å². The molecule has 0 unspecified atom stereocenters. The van der Waals surface area contributed by atoms with Crippen molar-refractivity contribution in [3.05, 3.63) is 29.3 Å². The maximum absolute atomic E-state index is 5.90. The Morgan fingerprint density at radius 2 is 2.00 bits per heavy atom. The highest BCUT2D eigenvalue weighted by Crippen LogP contribution is 2.38. The van der Waals surface area contributed by atoms with E-state index in [4.69, 9.17) is 5.73 Å². The molecule has 17 heavy (non-hydrogen) atoms. The Balaban J connectivity index is 1.87. The van der Waals surface area contributed by atoms with Gasteiger partial charge in [0.2, 0.25) is 0 Å². The van der Waals surface area contributed by atoms with Gasteiger partial charge in [0, 0.05) is 24.8 Å². The summed E-state index contributed by atoms with van der Waals surface area (Å²) in [7, 11) is 0. The molecule has 2 heteroatoms. The Morgan fingerprint density at radius 3 is 2.59 bits per heavy atom. The molecule has 1 aromatic rings. The monoisotopic (exact) mass is 230 g/mol. The number of nitrogens with zero attached hydrogens (tertiary/aromatic N) is 1. The van der Waals surface area contributed by atoms with Crippen molar-refractivity contribution in [3.63, 3.8) is 0 Å². The molecule has 0 atom stereocenters. The van der Waals surface area contributed by atoms with E-state index in [0.29, 0.717) is 6.54 Å². The molecule has 2 saturated carbocycles. The first-order chi connectivity index (χ1) is 8.28. The van der Waals surface area contributed by atoms with E-state index in [0.717, 1.165) is 12.0 Å². The molecule has 2 fully saturated rings. The largest absolute Gasteiger partial charge is 0.368 e. The molecule has 0 bridgehead atoms. The highest BCUT2D eigenvalue weighted by Gasteiger charge is 2.34. The average molecular weight is 230 g/mol. The number of nitrogens with two attached hydrogens (primary N) is 1. The zero-order valence-corrected chi connectivity index (χ0v) is 10.7. The van der Waals surface area contributed by atoms with Crippen molar-refractivity contribution in [1.82, 2.24) is 0 Å². The molecule has 0 heterocycles. The van der Waals surface area contributed by atoms with Crippen LogP contribution in [0.5, 0.6) is 0 Å². The number of anilines is 1. The van der Waals surface area contributed by atoms with Gasteiger partial charge in [-0.3, -0.25) is 0 Å². The standard InChI is InChI=1S/C15H22N2/c1-11-2-7-15(13(8-11)9-16)17(14-5-6-14)10-12-3-4-12/h2,7-8,12,14H,3-6,9-10,16H2,1H3. The molecule has 3 rings (SSSR count). The molecule has 0 amide bonds. The van der Waals surface area contributed by atoms with Crippen LogP contribution in [0, 0.1) is 12.8 Å². The van der Waals surface area contributed by atoms with Crippen molar-refractivity contribution in [3.8, 4) is 0 Å². The quantitative estimate of drug-likeness (QED) is 0.842. The second kappa shape index (κ2) is 4.34. The van der Waals surface area contributed by atoms with Crippen molar-refractivity contribution in [2.75, 3.05) is 11.4 Å².